The summed E-state index contributed by atoms with van der Waals surface area (Å²) in [6, 6.07) is 12.5. The van der Waals surface area contributed by atoms with Crippen molar-refractivity contribution >= 4 is 66.5 Å². The van der Waals surface area contributed by atoms with E-state index >= 15 is 0 Å². The first-order valence-corrected chi connectivity index (χ1v) is 13.1. The van der Waals surface area contributed by atoms with Gasteiger partial charge in [-0.05, 0) is 92.0 Å². The van der Waals surface area contributed by atoms with Crippen LogP contribution in [0.1, 0.15) is 22.3 Å². The molecule has 0 radical (unpaired) electrons. The van der Waals surface area contributed by atoms with E-state index in [9.17, 15) is 32.9 Å². The zero-order valence-corrected chi connectivity index (χ0v) is 23.2. The molecule has 0 saturated carbocycles. The van der Waals surface area contributed by atoms with E-state index in [4.69, 9.17) is 4.74 Å². The summed E-state index contributed by atoms with van der Waals surface area (Å²) in [5.41, 5.74) is 0.284. The van der Waals surface area contributed by atoms with Gasteiger partial charge in [-0.2, -0.15) is 13.2 Å². The normalized spacial score (nSPS) is 14.9. The fourth-order valence-electron chi connectivity index (χ4n) is 3.57. The highest BCUT2D eigenvalue weighted by Gasteiger charge is 2.35. The number of hydrogen-bond acceptors (Lipinski definition) is 6. The minimum Gasteiger partial charge on any atom is -0.448 e. The van der Waals surface area contributed by atoms with Gasteiger partial charge in [-0.15, -0.1) is 0 Å². The molecule has 3 aromatic rings. The van der Waals surface area contributed by atoms with Crippen LogP contribution in [0.15, 0.2) is 68.4 Å². The number of thioether (sulfide) groups is 1. The van der Waals surface area contributed by atoms with Crippen molar-refractivity contribution in [2.45, 2.75) is 19.6 Å². The Balaban J connectivity index is 1.59. The Hall–Kier alpha value is -3.16. The summed E-state index contributed by atoms with van der Waals surface area (Å²) in [5, 5.41) is 11.0. The van der Waals surface area contributed by atoms with Crippen LogP contribution in [0.5, 0.6) is 11.5 Å². The number of aryl methyl sites for hydroxylation is 1. The number of rotatable bonds is 6. The van der Waals surface area contributed by atoms with Gasteiger partial charge in [0.15, 0.2) is 5.75 Å². The van der Waals surface area contributed by atoms with Crippen LogP contribution >= 0.6 is 43.6 Å². The number of hydrogen-bond donors (Lipinski definition) is 0. The molecule has 0 aromatic heterocycles. The van der Waals surface area contributed by atoms with E-state index in [-0.39, 0.29) is 17.2 Å². The number of benzene rings is 3. The third kappa shape index (κ3) is 6.11. The van der Waals surface area contributed by atoms with Crippen molar-refractivity contribution in [2.24, 2.45) is 0 Å². The number of halogens is 5. The predicted octanol–water partition coefficient (Wildman–Crippen LogP) is 8.48. The van der Waals surface area contributed by atoms with Gasteiger partial charge in [0.2, 0.25) is 5.75 Å². The molecule has 196 valence electrons. The summed E-state index contributed by atoms with van der Waals surface area (Å²) in [5.74, 6) is -0.776. The molecule has 2 amide bonds. The van der Waals surface area contributed by atoms with E-state index in [1.165, 1.54) is 6.08 Å². The third-order valence-electron chi connectivity index (χ3n) is 5.31. The molecule has 0 unspecified atom stereocenters. The molecule has 0 aliphatic carbocycles. The number of ether oxygens (including phenoxy) is 1. The Kier molecular flexibility index (Phi) is 8.00. The minimum absolute atomic E-state index is 0.0672. The van der Waals surface area contributed by atoms with Crippen LogP contribution in [0.2, 0.25) is 0 Å². The number of imide groups is 1. The number of nitrogens with zero attached hydrogens (tertiary/aromatic N) is 2. The van der Waals surface area contributed by atoms with E-state index in [0.29, 0.717) is 26.6 Å². The first-order valence-electron chi connectivity index (χ1n) is 10.7. The monoisotopic (exact) mass is 670 g/mol. The fraction of sp³-hybridized carbons (Fsp3) is 0.120. The maximum atomic E-state index is 13.0. The first kappa shape index (κ1) is 27.9. The van der Waals surface area contributed by atoms with Gasteiger partial charge in [0.25, 0.3) is 11.1 Å². The number of amides is 2. The minimum atomic E-state index is -4.76. The second-order valence-electron chi connectivity index (χ2n) is 8.11. The van der Waals surface area contributed by atoms with Crippen molar-refractivity contribution in [1.29, 1.82) is 0 Å². The van der Waals surface area contributed by atoms with Gasteiger partial charge in [0.1, 0.15) is 0 Å². The highest BCUT2D eigenvalue weighted by atomic mass is 79.9. The van der Waals surface area contributed by atoms with Crippen molar-refractivity contribution in [1.82, 2.24) is 4.90 Å². The zero-order chi connectivity index (χ0) is 27.8. The van der Waals surface area contributed by atoms with E-state index in [1.54, 1.807) is 12.1 Å². The molecule has 1 fully saturated rings. The molecular formula is C25H15Br2F3N2O5S. The van der Waals surface area contributed by atoms with E-state index in [1.807, 2.05) is 31.2 Å². The van der Waals surface area contributed by atoms with Gasteiger partial charge in [-0.3, -0.25) is 24.6 Å². The van der Waals surface area contributed by atoms with Gasteiger partial charge in [0, 0.05) is 6.07 Å². The van der Waals surface area contributed by atoms with Gasteiger partial charge in [-0.25, -0.2) is 0 Å². The Morgan fingerprint density at radius 2 is 1.76 bits per heavy atom. The Labute approximate surface area is 235 Å². The van der Waals surface area contributed by atoms with E-state index in [2.05, 4.69) is 31.9 Å². The van der Waals surface area contributed by atoms with Gasteiger partial charge in [0.05, 0.1) is 30.9 Å². The van der Waals surface area contributed by atoms with Gasteiger partial charge < -0.3 is 4.74 Å². The molecule has 1 aliphatic heterocycles. The summed E-state index contributed by atoms with van der Waals surface area (Å²) in [6.45, 7) is 2.05. The third-order valence-corrected chi connectivity index (χ3v) is 7.40. The Bertz CT molecular complexity index is 1490. The summed E-state index contributed by atoms with van der Waals surface area (Å²) in [7, 11) is 0. The standard InChI is InChI=1S/C25H15Br2F3N2O5S/c1-13-3-2-4-14(7-13)12-31-23(33)21(38-24(31)34)10-15-8-17(26)22(18(27)9-15)37-20-6-5-16(25(28,29)30)11-19(20)32(35)36/h2-11H,12H2,1H3/b21-10-. The maximum Gasteiger partial charge on any atom is 0.416 e. The summed E-state index contributed by atoms with van der Waals surface area (Å²) in [4.78, 5) is 37.2. The van der Waals surface area contributed by atoms with E-state index < -0.39 is 39.2 Å². The topological polar surface area (TPSA) is 89.8 Å². The predicted molar refractivity (Wildman–Crippen MR) is 143 cm³/mol. The fourth-order valence-corrected chi connectivity index (χ4v) is 5.80. The van der Waals surface area contributed by atoms with Crippen molar-refractivity contribution in [2.75, 3.05) is 0 Å². The second kappa shape index (κ2) is 10.9. The van der Waals surface area contributed by atoms with Crippen LogP contribution in [0.4, 0.5) is 23.7 Å². The molecule has 0 spiro atoms. The number of carbonyl (C=O) groups excluding carboxylic acids is 2. The molecule has 7 nitrogen and oxygen atoms in total. The summed E-state index contributed by atoms with van der Waals surface area (Å²) >= 11 is 7.40. The summed E-state index contributed by atoms with van der Waals surface area (Å²) in [6.07, 6.45) is -3.24. The average Bonchev–Trinajstić information content (AvgIpc) is 3.08. The summed E-state index contributed by atoms with van der Waals surface area (Å²) < 4.78 is 45.2. The van der Waals surface area contributed by atoms with Crippen LogP contribution in [0.25, 0.3) is 6.08 Å². The zero-order valence-electron chi connectivity index (χ0n) is 19.2. The number of nitro benzene ring substituents is 1. The molecule has 3 aromatic carbocycles. The van der Waals surface area contributed by atoms with Crippen LogP contribution in [-0.2, 0) is 17.5 Å². The van der Waals surface area contributed by atoms with Crippen molar-refractivity contribution in [3.63, 3.8) is 0 Å². The van der Waals surface area contributed by atoms with Crippen molar-refractivity contribution in [3.8, 4) is 11.5 Å². The molecule has 0 bridgehead atoms. The SMILES string of the molecule is Cc1cccc(CN2C(=O)S/C(=C\c3cc(Br)c(Oc4ccc(C(F)(F)F)cc4[N+](=O)[O-])c(Br)c3)C2=O)c1. The number of carbonyl (C=O) groups is 2. The lowest BCUT2D eigenvalue weighted by Crippen LogP contribution is -2.27. The molecule has 13 heteroatoms. The lowest BCUT2D eigenvalue weighted by Gasteiger charge is -2.13. The van der Waals surface area contributed by atoms with Crippen molar-refractivity contribution < 1.29 is 32.4 Å². The Morgan fingerprint density at radius 1 is 1.08 bits per heavy atom. The quantitative estimate of drug-likeness (QED) is 0.148. The molecule has 1 saturated heterocycles. The lowest BCUT2D eigenvalue weighted by molar-refractivity contribution is -0.385. The largest absolute Gasteiger partial charge is 0.448 e. The molecule has 1 heterocycles. The van der Waals surface area contributed by atoms with Crippen LogP contribution in [-0.4, -0.2) is 21.0 Å². The van der Waals surface area contributed by atoms with Crippen LogP contribution < -0.4 is 4.74 Å². The Morgan fingerprint density at radius 3 is 2.37 bits per heavy atom. The highest BCUT2D eigenvalue weighted by Crippen LogP contribution is 2.43. The van der Waals surface area contributed by atoms with Gasteiger partial charge in [-0.1, -0.05) is 29.8 Å². The maximum absolute atomic E-state index is 13.0. The molecular weight excluding hydrogens is 657 g/mol. The smallest absolute Gasteiger partial charge is 0.416 e. The second-order valence-corrected chi connectivity index (χ2v) is 10.8. The lowest BCUT2D eigenvalue weighted by atomic mass is 10.1. The molecule has 4 rings (SSSR count). The number of nitro groups is 1. The average molecular weight is 672 g/mol. The van der Waals surface area contributed by atoms with Crippen LogP contribution in [0.3, 0.4) is 0 Å². The number of alkyl halides is 3. The first-order chi connectivity index (χ1) is 17.8. The highest BCUT2D eigenvalue weighted by molar-refractivity contribution is 9.11. The molecule has 0 N–H and O–H groups in total. The molecule has 0 atom stereocenters. The van der Waals surface area contributed by atoms with Gasteiger partial charge >= 0.3 is 11.9 Å². The molecule has 38 heavy (non-hydrogen) atoms. The van der Waals surface area contributed by atoms with Crippen molar-refractivity contribution in [3.05, 3.63) is 101 Å². The van der Waals surface area contributed by atoms with Crippen LogP contribution in [0, 0.1) is 17.0 Å². The molecule has 1 aliphatic rings. The van der Waals surface area contributed by atoms with E-state index in [0.717, 1.165) is 33.9 Å².